The summed E-state index contributed by atoms with van der Waals surface area (Å²) in [6, 6.07) is 20.4. The molecular formula is C27H27N3O3S. The van der Waals surface area contributed by atoms with E-state index in [-0.39, 0.29) is 18.5 Å². The summed E-state index contributed by atoms with van der Waals surface area (Å²) >= 11 is 5.55. The number of anilines is 1. The Morgan fingerprint density at radius 2 is 1.79 bits per heavy atom. The Morgan fingerprint density at radius 1 is 1.06 bits per heavy atom. The standard InChI is InChI=1S/C27H27N3O3S/c1-4-30-17(3)23(26(32)33-5-2)24(29-27(30)34)19-12-8-13-20(16-19)28-25(31)22-15-9-11-18-10-6-7-14-21(18)22/h6-16,24H,4-5H2,1-3H3,(H,28,31)(H,29,34). The fourth-order valence-electron chi connectivity index (χ4n) is 4.30. The molecule has 0 saturated heterocycles. The number of carbonyl (C=O) groups is 2. The van der Waals surface area contributed by atoms with Gasteiger partial charge in [-0.1, -0.05) is 48.5 Å². The Morgan fingerprint density at radius 3 is 2.56 bits per heavy atom. The highest BCUT2D eigenvalue weighted by molar-refractivity contribution is 7.80. The minimum absolute atomic E-state index is 0.199. The zero-order valence-electron chi connectivity index (χ0n) is 19.4. The van der Waals surface area contributed by atoms with Crippen molar-refractivity contribution in [2.24, 2.45) is 0 Å². The average Bonchev–Trinajstić information content (AvgIpc) is 2.83. The first-order valence-corrected chi connectivity index (χ1v) is 11.7. The maximum Gasteiger partial charge on any atom is 0.338 e. The second-order valence-corrected chi connectivity index (χ2v) is 8.34. The molecule has 1 aliphatic rings. The number of nitrogens with zero attached hydrogens (tertiary/aromatic N) is 1. The number of nitrogens with one attached hydrogen (secondary N) is 2. The number of rotatable bonds is 6. The third kappa shape index (κ3) is 4.52. The van der Waals surface area contributed by atoms with Crippen LogP contribution in [0.5, 0.6) is 0 Å². The van der Waals surface area contributed by atoms with Crippen LogP contribution in [0.25, 0.3) is 10.8 Å². The van der Waals surface area contributed by atoms with Gasteiger partial charge in [0, 0.05) is 23.5 Å². The summed E-state index contributed by atoms with van der Waals surface area (Å²) in [5.74, 6) is -0.584. The molecule has 2 N–H and O–H groups in total. The molecule has 0 bridgehead atoms. The number of hydrogen-bond donors (Lipinski definition) is 2. The number of fused-ring (bicyclic) bond motifs is 1. The number of thiocarbonyl (C=S) groups is 1. The van der Waals surface area contributed by atoms with Crippen LogP contribution in [0.1, 0.15) is 42.7 Å². The maximum atomic E-state index is 13.1. The molecule has 174 valence electrons. The topological polar surface area (TPSA) is 70.7 Å². The maximum absolute atomic E-state index is 13.1. The van der Waals surface area contributed by atoms with Crippen LogP contribution in [0, 0.1) is 0 Å². The summed E-state index contributed by atoms with van der Waals surface area (Å²) < 4.78 is 5.35. The summed E-state index contributed by atoms with van der Waals surface area (Å²) in [5.41, 5.74) is 3.30. The molecular weight excluding hydrogens is 446 g/mol. The lowest BCUT2D eigenvalue weighted by Crippen LogP contribution is -2.47. The summed E-state index contributed by atoms with van der Waals surface area (Å²) in [6.45, 7) is 6.55. The smallest absolute Gasteiger partial charge is 0.338 e. The van der Waals surface area contributed by atoms with Crippen LogP contribution >= 0.6 is 12.2 Å². The van der Waals surface area contributed by atoms with Crippen molar-refractivity contribution in [1.29, 1.82) is 0 Å². The summed E-state index contributed by atoms with van der Waals surface area (Å²) in [6.07, 6.45) is 0. The predicted octanol–water partition coefficient (Wildman–Crippen LogP) is 5.18. The SMILES string of the molecule is CCOC(=O)C1=C(C)N(CC)C(=S)NC1c1cccc(NC(=O)c2cccc3ccccc23)c1. The van der Waals surface area contributed by atoms with Crippen molar-refractivity contribution >= 4 is 45.7 Å². The summed E-state index contributed by atoms with van der Waals surface area (Å²) in [4.78, 5) is 27.9. The second kappa shape index (κ2) is 10.1. The minimum atomic E-state index is -0.483. The molecule has 1 heterocycles. The van der Waals surface area contributed by atoms with Crippen LogP contribution in [0.2, 0.25) is 0 Å². The van der Waals surface area contributed by atoms with Crippen molar-refractivity contribution in [3.05, 3.63) is 89.1 Å². The number of benzene rings is 3. The van der Waals surface area contributed by atoms with E-state index in [9.17, 15) is 9.59 Å². The highest BCUT2D eigenvalue weighted by Gasteiger charge is 2.34. The first kappa shape index (κ1) is 23.4. The van der Waals surface area contributed by atoms with Gasteiger partial charge < -0.3 is 20.3 Å². The van der Waals surface area contributed by atoms with E-state index >= 15 is 0 Å². The molecule has 0 spiro atoms. The van der Waals surface area contributed by atoms with Gasteiger partial charge in [0.2, 0.25) is 0 Å². The van der Waals surface area contributed by atoms with Gasteiger partial charge in [0.25, 0.3) is 5.91 Å². The van der Waals surface area contributed by atoms with E-state index < -0.39 is 6.04 Å². The van der Waals surface area contributed by atoms with Crippen molar-refractivity contribution in [2.45, 2.75) is 26.8 Å². The molecule has 7 heteroatoms. The van der Waals surface area contributed by atoms with Crippen molar-refractivity contribution in [2.75, 3.05) is 18.5 Å². The van der Waals surface area contributed by atoms with Gasteiger partial charge >= 0.3 is 5.97 Å². The lowest BCUT2D eigenvalue weighted by molar-refractivity contribution is -0.139. The van der Waals surface area contributed by atoms with E-state index in [0.29, 0.717) is 28.5 Å². The van der Waals surface area contributed by atoms with Crippen molar-refractivity contribution in [3.8, 4) is 0 Å². The Hall–Kier alpha value is -3.71. The number of ether oxygens (including phenoxy) is 1. The normalized spacial score (nSPS) is 15.8. The molecule has 0 saturated carbocycles. The number of allylic oxidation sites excluding steroid dienone is 1. The first-order chi connectivity index (χ1) is 16.4. The minimum Gasteiger partial charge on any atom is -0.463 e. The molecule has 3 aromatic carbocycles. The van der Waals surface area contributed by atoms with Gasteiger partial charge in [-0.15, -0.1) is 0 Å². The Labute approximate surface area is 204 Å². The molecule has 0 radical (unpaired) electrons. The second-order valence-electron chi connectivity index (χ2n) is 7.95. The third-order valence-electron chi connectivity index (χ3n) is 5.92. The molecule has 0 aromatic heterocycles. The van der Waals surface area contributed by atoms with Gasteiger partial charge in [0.1, 0.15) is 0 Å². The van der Waals surface area contributed by atoms with Crippen LogP contribution < -0.4 is 10.6 Å². The van der Waals surface area contributed by atoms with E-state index in [1.54, 1.807) is 6.92 Å². The lowest BCUT2D eigenvalue weighted by Gasteiger charge is -2.37. The van der Waals surface area contributed by atoms with Gasteiger partial charge in [0.15, 0.2) is 5.11 Å². The summed E-state index contributed by atoms with van der Waals surface area (Å²) in [7, 11) is 0. The van der Waals surface area contributed by atoms with Gasteiger partial charge in [-0.2, -0.15) is 0 Å². The van der Waals surface area contributed by atoms with Crippen molar-refractivity contribution < 1.29 is 14.3 Å². The van der Waals surface area contributed by atoms with Crippen LogP contribution in [0.4, 0.5) is 5.69 Å². The highest BCUT2D eigenvalue weighted by atomic mass is 32.1. The van der Waals surface area contributed by atoms with E-state index in [1.165, 1.54) is 0 Å². The molecule has 1 amide bonds. The Kier molecular flexibility index (Phi) is 6.93. The molecule has 0 fully saturated rings. The van der Waals surface area contributed by atoms with Crippen LogP contribution in [0.3, 0.4) is 0 Å². The number of esters is 1. The van der Waals surface area contributed by atoms with Crippen molar-refractivity contribution in [3.63, 3.8) is 0 Å². The average molecular weight is 474 g/mol. The molecule has 6 nitrogen and oxygen atoms in total. The molecule has 3 aromatic rings. The van der Waals surface area contributed by atoms with E-state index in [4.69, 9.17) is 17.0 Å². The van der Waals surface area contributed by atoms with Gasteiger partial charge in [0.05, 0.1) is 18.2 Å². The van der Waals surface area contributed by atoms with E-state index in [0.717, 1.165) is 22.0 Å². The lowest BCUT2D eigenvalue weighted by atomic mass is 9.94. The molecule has 4 rings (SSSR count). The highest BCUT2D eigenvalue weighted by Crippen LogP contribution is 2.32. The molecule has 1 unspecified atom stereocenters. The Bertz CT molecular complexity index is 1300. The largest absolute Gasteiger partial charge is 0.463 e. The predicted molar refractivity (Wildman–Crippen MR) is 139 cm³/mol. The number of hydrogen-bond acceptors (Lipinski definition) is 4. The molecule has 1 aliphatic heterocycles. The number of carbonyl (C=O) groups excluding carboxylic acids is 2. The first-order valence-electron chi connectivity index (χ1n) is 11.3. The van der Waals surface area contributed by atoms with E-state index in [2.05, 4.69) is 10.6 Å². The zero-order valence-corrected chi connectivity index (χ0v) is 20.2. The van der Waals surface area contributed by atoms with Gasteiger partial charge in [-0.3, -0.25) is 4.79 Å². The molecule has 1 atom stereocenters. The van der Waals surface area contributed by atoms with Crippen LogP contribution in [-0.2, 0) is 9.53 Å². The molecule has 34 heavy (non-hydrogen) atoms. The van der Waals surface area contributed by atoms with Crippen LogP contribution in [0.15, 0.2) is 78.0 Å². The van der Waals surface area contributed by atoms with Crippen molar-refractivity contribution in [1.82, 2.24) is 10.2 Å². The zero-order chi connectivity index (χ0) is 24.2. The molecule has 0 aliphatic carbocycles. The fourth-order valence-corrected chi connectivity index (χ4v) is 4.69. The Balaban J connectivity index is 1.67. The van der Waals surface area contributed by atoms with E-state index in [1.807, 2.05) is 85.5 Å². The fraction of sp³-hybridized carbons (Fsp3) is 0.222. The quantitative estimate of drug-likeness (QED) is 0.380. The van der Waals surface area contributed by atoms with Gasteiger partial charge in [-0.25, -0.2) is 4.79 Å². The van der Waals surface area contributed by atoms with Gasteiger partial charge in [-0.05, 0) is 67.5 Å². The summed E-state index contributed by atoms with van der Waals surface area (Å²) in [5, 5.41) is 8.71. The monoisotopic (exact) mass is 473 g/mol. The van der Waals surface area contributed by atoms with Crippen LogP contribution in [-0.4, -0.2) is 35.0 Å². The number of amides is 1. The third-order valence-corrected chi connectivity index (χ3v) is 6.26.